The Morgan fingerprint density at radius 1 is 1.12 bits per heavy atom. The van der Waals surface area contributed by atoms with Crippen molar-refractivity contribution in [2.45, 2.75) is 34.1 Å². The van der Waals surface area contributed by atoms with Gasteiger partial charge in [0.15, 0.2) is 0 Å². The molecular formula is C21H30ClN3O. The van der Waals surface area contributed by atoms with Crippen LogP contribution in [0.25, 0.3) is 5.69 Å². The Morgan fingerprint density at radius 2 is 1.77 bits per heavy atom. The Bertz CT molecular complexity index is 777. The molecule has 1 aliphatic rings. The maximum atomic E-state index is 13.0. The minimum atomic E-state index is 0. The van der Waals surface area contributed by atoms with Gasteiger partial charge in [-0.1, -0.05) is 6.07 Å². The van der Waals surface area contributed by atoms with E-state index in [4.69, 9.17) is 0 Å². The van der Waals surface area contributed by atoms with E-state index in [2.05, 4.69) is 55.8 Å². The summed E-state index contributed by atoms with van der Waals surface area (Å²) in [6.07, 6.45) is 1.09. The molecule has 2 heterocycles. The lowest BCUT2D eigenvalue weighted by atomic mass is 10.1. The number of rotatable bonds is 4. The van der Waals surface area contributed by atoms with Crippen molar-refractivity contribution in [1.82, 2.24) is 14.8 Å². The zero-order valence-electron chi connectivity index (χ0n) is 16.4. The summed E-state index contributed by atoms with van der Waals surface area (Å²) in [5.41, 5.74) is 6.60. The molecule has 142 valence electrons. The minimum absolute atomic E-state index is 0. The number of amides is 1. The SMILES string of the molecule is CNCC1CCN(C(=O)c2cc(C)n(-c3cc(C)cc(C)c3)c2C)C1.Cl. The number of likely N-dealkylation sites (tertiary alicyclic amines) is 1. The smallest absolute Gasteiger partial charge is 0.255 e. The Balaban J connectivity index is 0.00000243. The third kappa shape index (κ3) is 3.97. The van der Waals surface area contributed by atoms with E-state index in [0.29, 0.717) is 5.92 Å². The van der Waals surface area contributed by atoms with Gasteiger partial charge >= 0.3 is 0 Å². The molecule has 5 heteroatoms. The number of nitrogens with zero attached hydrogens (tertiary/aromatic N) is 2. The zero-order valence-corrected chi connectivity index (χ0v) is 17.2. The first-order chi connectivity index (χ1) is 11.9. The lowest BCUT2D eigenvalue weighted by Crippen LogP contribution is -2.30. The van der Waals surface area contributed by atoms with Crippen molar-refractivity contribution >= 4 is 18.3 Å². The molecule has 1 N–H and O–H groups in total. The molecule has 0 radical (unpaired) electrons. The van der Waals surface area contributed by atoms with E-state index in [1.54, 1.807) is 0 Å². The van der Waals surface area contributed by atoms with Crippen LogP contribution in [0.4, 0.5) is 0 Å². The van der Waals surface area contributed by atoms with Crippen molar-refractivity contribution < 1.29 is 4.79 Å². The van der Waals surface area contributed by atoms with Gasteiger partial charge in [0.05, 0.1) is 5.56 Å². The number of nitrogens with one attached hydrogen (secondary N) is 1. The summed E-state index contributed by atoms with van der Waals surface area (Å²) in [5, 5.41) is 3.22. The van der Waals surface area contributed by atoms with Crippen LogP contribution in [0.2, 0.25) is 0 Å². The molecule has 26 heavy (non-hydrogen) atoms. The highest BCUT2D eigenvalue weighted by Crippen LogP contribution is 2.25. The summed E-state index contributed by atoms with van der Waals surface area (Å²) < 4.78 is 2.20. The highest BCUT2D eigenvalue weighted by molar-refractivity contribution is 5.96. The van der Waals surface area contributed by atoms with Crippen molar-refractivity contribution in [2.75, 3.05) is 26.7 Å². The highest BCUT2D eigenvalue weighted by Gasteiger charge is 2.28. The summed E-state index contributed by atoms with van der Waals surface area (Å²) in [7, 11) is 1.97. The van der Waals surface area contributed by atoms with Crippen LogP contribution in [0.15, 0.2) is 24.3 Å². The molecule has 1 atom stereocenters. The molecule has 4 nitrogen and oxygen atoms in total. The van der Waals surface area contributed by atoms with Gasteiger partial charge in [0.2, 0.25) is 0 Å². The molecule has 0 spiro atoms. The first-order valence-corrected chi connectivity index (χ1v) is 9.12. The summed E-state index contributed by atoms with van der Waals surface area (Å²) in [5.74, 6) is 0.735. The van der Waals surface area contributed by atoms with Crippen LogP contribution >= 0.6 is 12.4 Å². The van der Waals surface area contributed by atoms with Crippen LogP contribution < -0.4 is 5.32 Å². The van der Waals surface area contributed by atoms with Gasteiger partial charge in [-0.25, -0.2) is 0 Å². The second-order valence-corrected chi connectivity index (χ2v) is 7.43. The van der Waals surface area contributed by atoms with Crippen molar-refractivity contribution in [1.29, 1.82) is 0 Å². The average Bonchev–Trinajstić information content (AvgIpc) is 3.11. The fourth-order valence-corrected chi connectivity index (χ4v) is 4.10. The number of halogens is 1. The van der Waals surface area contributed by atoms with Crippen LogP contribution in [-0.2, 0) is 0 Å². The normalized spacial score (nSPS) is 16.7. The average molecular weight is 376 g/mol. The van der Waals surface area contributed by atoms with E-state index in [-0.39, 0.29) is 18.3 Å². The van der Waals surface area contributed by atoms with Crippen LogP contribution in [0.1, 0.15) is 39.3 Å². The van der Waals surface area contributed by atoms with Gasteiger partial charge in [-0.2, -0.15) is 0 Å². The van der Waals surface area contributed by atoms with Gasteiger partial charge in [0.1, 0.15) is 0 Å². The number of hydrogen-bond acceptors (Lipinski definition) is 2. The Hall–Kier alpha value is -1.78. The van der Waals surface area contributed by atoms with Crippen LogP contribution in [-0.4, -0.2) is 42.1 Å². The molecule has 1 amide bonds. The molecule has 1 saturated heterocycles. The van der Waals surface area contributed by atoms with Crippen molar-refractivity contribution in [2.24, 2.45) is 5.92 Å². The van der Waals surface area contributed by atoms with E-state index < -0.39 is 0 Å². The molecule has 1 fully saturated rings. The van der Waals surface area contributed by atoms with Crippen LogP contribution in [0.5, 0.6) is 0 Å². The molecule has 0 saturated carbocycles. The second-order valence-electron chi connectivity index (χ2n) is 7.43. The molecule has 1 aliphatic heterocycles. The van der Waals surface area contributed by atoms with Crippen molar-refractivity contribution in [3.8, 4) is 5.69 Å². The van der Waals surface area contributed by atoms with E-state index in [0.717, 1.165) is 48.7 Å². The quantitative estimate of drug-likeness (QED) is 0.882. The van der Waals surface area contributed by atoms with Crippen molar-refractivity contribution in [3.63, 3.8) is 0 Å². The van der Waals surface area contributed by atoms with Crippen molar-refractivity contribution in [3.05, 3.63) is 52.3 Å². The fourth-order valence-electron chi connectivity index (χ4n) is 4.10. The van der Waals surface area contributed by atoms with Gasteiger partial charge < -0.3 is 14.8 Å². The summed E-state index contributed by atoms with van der Waals surface area (Å²) >= 11 is 0. The molecule has 3 rings (SSSR count). The monoisotopic (exact) mass is 375 g/mol. The lowest BCUT2D eigenvalue weighted by molar-refractivity contribution is 0.0786. The van der Waals surface area contributed by atoms with Gasteiger partial charge in [-0.3, -0.25) is 4.79 Å². The van der Waals surface area contributed by atoms with Crippen LogP contribution in [0.3, 0.4) is 0 Å². The molecule has 0 aliphatic carbocycles. The lowest BCUT2D eigenvalue weighted by Gasteiger charge is -2.17. The zero-order chi connectivity index (χ0) is 18.1. The van der Waals surface area contributed by atoms with E-state index in [1.165, 1.54) is 11.1 Å². The topological polar surface area (TPSA) is 37.3 Å². The van der Waals surface area contributed by atoms with E-state index in [9.17, 15) is 4.79 Å². The summed E-state index contributed by atoms with van der Waals surface area (Å²) in [4.78, 5) is 15.1. The predicted octanol–water partition coefficient (Wildman–Crippen LogP) is 3.81. The molecular weight excluding hydrogens is 346 g/mol. The Labute approximate surface area is 163 Å². The summed E-state index contributed by atoms with van der Waals surface area (Å²) in [6.45, 7) is 11.1. The van der Waals surface area contributed by atoms with E-state index >= 15 is 0 Å². The van der Waals surface area contributed by atoms with Gasteiger partial charge in [0.25, 0.3) is 5.91 Å². The molecule has 1 aromatic carbocycles. The molecule has 0 bridgehead atoms. The third-order valence-corrected chi connectivity index (χ3v) is 5.19. The summed E-state index contributed by atoms with van der Waals surface area (Å²) in [6, 6.07) is 8.58. The number of aryl methyl sites for hydroxylation is 3. The highest BCUT2D eigenvalue weighted by atomic mass is 35.5. The first-order valence-electron chi connectivity index (χ1n) is 9.12. The minimum Gasteiger partial charge on any atom is -0.338 e. The Kier molecular flexibility index (Phi) is 6.53. The number of aromatic nitrogens is 1. The van der Waals surface area contributed by atoms with Gasteiger partial charge in [0, 0.05) is 30.2 Å². The maximum absolute atomic E-state index is 13.0. The number of carbonyl (C=O) groups is 1. The molecule has 1 unspecified atom stereocenters. The maximum Gasteiger partial charge on any atom is 0.255 e. The first kappa shape index (κ1) is 20.5. The second kappa shape index (κ2) is 8.28. The van der Waals surface area contributed by atoms with Crippen LogP contribution in [0, 0.1) is 33.6 Å². The number of carbonyl (C=O) groups excluding carboxylic acids is 1. The fraction of sp³-hybridized carbons (Fsp3) is 0.476. The molecule has 1 aromatic heterocycles. The predicted molar refractivity (Wildman–Crippen MR) is 110 cm³/mol. The van der Waals surface area contributed by atoms with Gasteiger partial charge in [-0.15, -0.1) is 12.4 Å². The standard InChI is InChI=1S/C21H29N3O.ClH/c1-14-8-15(2)10-19(9-14)24-16(3)11-20(17(24)4)21(25)23-7-6-18(13-23)12-22-5;/h8-11,18,22H,6-7,12-13H2,1-5H3;1H. The van der Waals surface area contributed by atoms with E-state index in [1.807, 2.05) is 18.0 Å². The largest absolute Gasteiger partial charge is 0.338 e. The molecule has 2 aromatic rings. The number of hydrogen-bond donors (Lipinski definition) is 1. The number of benzene rings is 1. The Morgan fingerprint density at radius 3 is 2.38 bits per heavy atom. The van der Waals surface area contributed by atoms with Gasteiger partial charge in [-0.05, 0) is 83.0 Å². The third-order valence-electron chi connectivity index (χ3n) is 5.19.